The van der Waals surface area contributed by atoms with E-state index in [0.29, 0.717) is 26.1 Å². The Labute approximate surface area is 215 Å². The predicted octanol–water partition coefficient (Wildman–Crippen LogP) is 2.52. The van der Waals surface area contributed by atoms with Crippen molar-refractivity contribution in [3.05, 3.63) is 24.3 Å². The molecule has 2 saturated heterocycles. The molecule has 4 aliphatic rings. The zero-order valence-corrected chi connectivity index (χ0v) is 22.3. The number of carbonyl (C=O) groups excluding carboxylic acids is 3. The average molecular weight is 502 g/mol. The molecule has 3 amide bonds. The van der Waals surface area contributed by atoms with E-state index in [9.17, 15) is 14.4 Å². The lowest BCUT2D eigenvalue weighted by atomic mass is 9.73. The van der Waals surface area contributed by atoms with Crippen LogP contribution in [0, 0.1) is 11.8 Å². The molecule has 6 atom stereocenters. The first kappa shape index (κ1) is 26.9. The predicted molar refractivity (Wildman–Crippen MR) is 137 cm³/mol. The zero-order valence-electron chi connectivity index (χ0n) is 22.3. The van der Waals surface area contributed by atoms with Gasteiger partial charge in [0.2, 0.25) is 17.7 Å². The quantitative estimate of drug-likeness (QED) is 0.367. The lowest BCUT2D eigenvalue weighted by molar-refractivity contribution is -0.155. The molecule has 0 aliphatic carbocycles. The topological polar surface area (TPSA) is 90.4 Å². The molecule has 4 heterocycles. The number of nitrogens with zero attached hydrogens (tertiary/aromatic N) is 3. The van der Waals surface area contributed by atoms with Crippen LogP contribution in [0.25, 0.3) is 0 Å². The van der Waals surface area contributed by atoms with Gasteiger partial charge in [0, 0.05) is 39.3 Å². The average Bonchev–Trinajstić information content (AvgIpc) is 3.15. The summed E-state index contributed by atoms with van der Waals surface area (Å²) in [7, 11) is 1.77. The van der Waals surface area contributed by atoms with Crippen molar-refractivity contribution in [3.63, 3.8) is 0 Å². The number of unbranched alkanes of at least 4 members (excludes halogenated alkanes) is 3. The molecular weight excluding hydrogens is 458 g/mol. The van der Waals surface area contributed by atoms with E-state index in [1.165, 1.54) is 0 Å². The largest absolute Gasteiger partial charge is 0.396 e. The Morgan fingerprint density at radius 1 is 1.00 bits per heavy atom. The maximum absolute atomic E-state index is 14.2. The summed E-state index contributed by atoms with van der Waals surface area (Å²) in [6.45, 7) is 7.71. The third-order valence-electron chi connectivity index (χ3n) is 8.72. The third-order valence-corrected chi connectivity index (χ3v) is 8.72. The fraction of sp³-hybridized carbons (Fsp3) is 0.750. The third kappa shape index (κ3) is 4.20. The fourth-order valence-corrected chi connectivity index (χ4v) is 6.86. The minimum atomic E-state index is -1.17. The minimum absolute atomic E-state index is 0.0440. The summed E-state index contributed by atoms with van der Waals surface area (Å²) < 4.78 is 6.94. The Hall–Kier alpha value is -2.19. The second-order valence-electron chi connectivity index (χ2n) is 10.9. The van der Waals surface area contributed by atoms with Crippen molar-refractivity contribution in [1.82, 2.24) is 14.7 Å². The Morgan fingerprint density at radius 2 is 1.72 bits per heavy atom. The van der Waals surface area contributed by atoms with Crippen LogP contribution in [0.5, 0.6) is 0 Å². The van der Waals surface area contributed by atoms with Crippen LogP contribution in [0.2, 0.25) is 0 Å². The van der Waals surface area contributed by atoms with Gasteiger partial charge in [-0.05, 0) is 32.6 Å². The molecule has 36 heavy (non-hydrogen) atoms. The highest BCUT2D eigenvalue weighted by Gasteiger charge is 2.75. The molecule has 0 aromatic heterocycles. The molecule has 8 nitrogen and oxygen atoms in total. The molecule has 0 bridgehead atoms. The maximum atomic E-state index is 14.2. The first-order valence-corrected chi connectivity index (χ1v) is 13.8. The van der Waals surface area contributed by atoms with Crippen molar-refractivity contribution in [3.8, 4) is 0 Å². The number of aliphatic hydroxyl groups is 1. The van der Waals surface area contributed by atoms with Crippen molar-refractivity contribution in [1.29, 1.82) is 0 Å². The summed E-state index contributed by atoms with van der Waals surface area (Å²) in [6.07, 6.45) is 13.4. The number of ether oxygens (including phenoxy) is 1. The summed E-state index contributed by atoms with van der Waals surface area (Å²) in [6, 6.07) is -0.740. The van der Waals surface area contributed by atoms with E-state index >= 15 is 0 Å². The van der Waals surface area contributed by atoms with Gasteiger partial charge >= 0.3 is 0 Å². The van der Waals surface area contributed by atoms with Gasteiger partial charge < -0.3 is 24.5 Å². The minimum Gasteiger partial charge on any atom is -0.396 e. The maximum Gasteiger partial charge on any atom is 0.249 e. The normalized spacial score (nSPS) is 34.5. The molecule has 4 aliphatic heterocycles. The Balaban J connectivity index is 1.77. The van der Waals surface area contributed by atoms with Gasteiger partial charge in [0.15, 0.2) is 0 Å². The molecule has 0 aromatic rings. The van der Waals surface area contributed by atoms with Gasteiger partial charge in [-0.2, -0.15) is 0 Å². The highest BCUT2D eigenvalue weighted by molar-refractivity contribution is 6.00. The smallest absolute Gasteiger partial charge is 0.249 e. The van der Waals surface area contributed by atoms with E-state index in [2.05, 4.69) is 13.8 Å². The molecule has 2 fully saturated rings. The van der Waals surface area contributed by atoms with Crippen molar-refractivity contribution in [2.24, 2.45) is 11.8 Å². The van der Waals surface area contributed by atoms with Gasteiger partial charge in [-0.15, -0.1) is 0 Å². The summed E-state index contributed by atoms with van der Waals surface area (Å²) in [5.74, 6) is -1.74. The summed E-state index contributed by atoms with van der Waals surface area (Å²) >= 11 is 0. The number of likely N-dealkylation sites (tertiary alicyclic amines) is 1. The lowest BCUT2D eigenvalue weighted by Crippen LogP contribution is -2.57. The number of fused-ring (bicyclic) bond motifs is 2. The van der Waals surface area contributed by atoms with E-state index in [0.717, 1.165) is 38.5 Å². The van der Waals surface area contributed by atoms with Crippen LogP contribution in [0.4, 0.5) is 0 Å². The Morgan fingerprint density at radius 3 is 2.42 bits per heavy atom. The summed E-state index contributed by atoms with van der Waals surface area (Å²) in [4.78, 5) is 47.4. The second-order valence-corrected chi connectivity index (χ2v) is 10.9. The van der Waals surface area contributed by atoms with E-state index in [-0.39, 0.29) is 30.4 Å². The zero-order chi connectivity index (χ0) is 26.1. The Bertz CT molecular complexity index is 919. The molecule has 0 radical (unpaired) electrons. The van der Waals surface area contributed by atoms with Crippen molar-refractivity contribution < 1.29 is 24.2 Å². The number of rotatable bonds is 10. The lowest BCUT2D eigenvalue weighted by Gasteiger charge is -2.39. The standard InChI is InChI=1S/C28H43N3O5/c1-5-13-20(3)30-18-12-15-28-22(21-24(33)29(4)16-11-14-27(21,6-2)36-28)25(34)31(23(28)26(30)35)17-9-7-8-10-19-32/h11-12,14-15,20-23,32H,5-10,13,16-19H2,1-4H3/t20?,21-,22+,23?,27+,28+/m1/s1. The molecule has 1 spiro atoms. The number of hydrogen-bond donors (Lipinski definition) is 1. The molecule has 2 unspecified atom stereocenters. The van der Waals surface area contributed by atoms with Gasteiger partial charge in [-0.3, -0.25) is 14.4 Å². The van der Waals surface area contributed by atoms with Crippen LogP contribution >= 0.6 is 0 Å². The Kier molecular flexibility index (Phi) is 7.95. The molecule has 0 saturated carbocycles. The van der Waals surface area contributed by atoms with Gasteiger partial charge in [0.25, 0.3) is 0 Å². The number of amides is 3. The van der Waals surface area contributed by atoms with Crippen LogP contribution in [-0.4, -0.2) is 94.1 Å². The molecule has 0 aromatic carbocycles. The summed E-state index contributed by atoms with van der Waals surface area (Å²) in [5, 5.41) is 9.12. The summed E-state index contributed by atoms with van der Waals surface area (Å²) in [5.41, 5.74) is -2.08. The van der Waals surface area contributed by atoms with E-state index in [1.54, 1.807) is 16.8 Å². The molecule has 8 heteroatoms. The van der Waals surface area contributed by atoms with Crippen LogP contribution in [0.1, 0.15) is 65.7 Å². The van der Waals surface area contributed by atoms with Crippen LogP contribution in [0.15, 0.2) is 24.3 Å². The molecule has 4 rings (SSSR count). The van der Waals surface area contributed by atoms with E-state index in [1.807, 2.05) is 36.1 Å². The van der Waals surface area contributed by atoms with Gasteiger partial charge in [0.05, 0.1) is 17.4 Å². The first-order chi connectivity index (χ1) is 17.3. The van der Waals surface area contributed by atoms with Crippen molar-refractivity contribution in [2.75, 3.05) is 33.3 Å². The first-order valence-electron chi connectivity index (χ1n) is 13.8. The van der Waals surface area contributed by atoms with Crippen molar-refractivity contribution >= 4 is 17.7 Å². The van der Waals surface area contributed by atoms with E-state index in [4.69, 9.17) is 9.84 Å². The highest BCUT2D eigenvalue weighted by atomic mass is 16.5. The fourth-order valence-electron chi connectivity index (χ4n) is 6.86. The number of likely N-dealkylation sites (N-methyl/N-ethyl adjacent to an activating group) is 1. The molecular formula is C28H43N3O5. The SMILES string of the molecule is CCCC(C)N1CC=C[C@]23O[C@@]4(CC)C=CCN(C)C(=O)[C@H]4[C@H]2C(=O)N(CCCCCCO)C3C1=O. The van der Waals surface area contributed by atoms with Gasteiger partial charge in [-0.25, -0.2) is 0 Å². The number of aliphatic hydroxyl groups excluding tert-OH is 1. The number of hydrogen-bond acceptors (Lipinski definition) is 5. The monoisotopic (exact) mass is 501 g/mol. The van der Waals surface area contributed by atoms with E-state index < -0.39 is 29.1 Å². The van der Waals surface area contributed by atoms with Crippen molar-refractivity contribution in [2.45, 2.75) is 89.0 Å². The highest BCUT2D eigenvalue weighted by Crippen LogP contribution is 2.58. The van der Waals surface area contributed by atoms with Gasteiger partial charge in [-0.1, -0.05) is 57.4 Å². The molecule has 200 valence electrons. The van der Waals surface area contributed by atoms with Crippen LogP contribution in [0.3, 0.4) is 0 Å². The number of carbonyl (C=O) groups is 3. The van der Waals surface area contributed by atoms with Crippen LogP contribution < -0.4 is 0 Å². The molecule has 1 N–H and O–H groups in total. The van der Waals surface area contributed by atoms with Crippen LogP contribution in [-0.2, 0) is 19.1 Å². The van der Waals surface area contributed by atoms with Gasteiger partial charge in [0.1, 0.15) is 11.6 Å². The second kappa shape index (κ2) is 10.7.